The molecule has 0 fully saturated rings. The van der Waals surface area contributed by atoms with Gasteiger partial charge in [-0.2, -0.15) is 0 Å². The Kier molecular flexibility index (Phi) is 6.38. The van der Waals surface area contributed by atoms with Crippen molar-refractivity contribution in [2.45, 2.75) is 0 Å². The molecule has 3 N–H and O–H groups in total. The first kappa shape index (κ1) is 19.8. The van der Waals surface area contributed by atoms with E-state index in [1.54, 1.807) is 36.4 Å². The van der Waals surface area contributed by atoms with Gasteiger partial charge in [-0.3, -0.25) is 25.2 Å². The van der Waals surface area contributed by atoms with Gasteiger partial charge in [0, 0.05) is 5.56 Å². The summed E-state index contributed by atoms with van der Waals surface area (Å²) >= 11 is 0.984. The van der Waals surface area contributed by atoms with Crippen molar-refractivity contribution in [2.24, 2.45) is 0 Å². The summed E-state index contributed by atoms with van der Waals surface area (Å²) in [6.07, 6.45) is 1.37. The van der Waals surface area contributed by atoms with Crippen LogP contribution in [0.2, 0.25) is 0 Å². The highest BCUT2D eigenvalue weighted by Crippen LogP contribution is 2.23. The number of rotatable bonds is 6. The lowest BCUT2D eigenvalue weighted by Gasteiger charge is -2.07. The first-order chi connectivity index (χ1) is 14.0. The standard InChI is InChI=1S/C19H15N3O6S/c23-15(21-22-17(24)12-5-2-1-3-6-12)11-28-19(26)14-8-9-16(29-14)20-18(25)13-7-4-10-27-13/h1-10H,11H2,(H,20,25)(H,21,23)(H,22,24). The van der Waals surface area contributed by atoms with Crippen LogP contribution in [0, 0.1) is 0 Å². The third-order valence-corrected chi connectivity index (χ3v) is 4.46. The Labute approximate surface area is 168 Å². The summed E-state index contributed by atoms with van der Waals surface area (Å²) in [6, 6.07) is 14.4. The van der Waals surface area contributed by atoms with E-state index in [4.69, 9.17) is 9.15 Å². The number of esters is 1. The van der Waals surface area contributed by atoms with Gasteiger partial charge in [0.2, 0.25) is 0 Å². The smallest absolute Gasteiger partial charge is 0.348 e. The van der Waals surface area contributed by atoms with E-state index in [2.05, 4.69) is 16.2 Å². The van der Waals surface area contributed by atoms with Crippen molar-refractivity contribution in [3.63, 3.8) is 0 Å². The molecule has 0 aliphatic heterocycles. The molecule has 0 atom stereocenters. The quantitative estimate of drug-likeness (QED) is 0.420. The van der Waals surface area contributed by atoms with Gasteiger partial charge in [0.15, 0.2) is 12.4 Å². The largest absolute Gasteiger partial charge is 0.459 e. The summed E-state index contributed by atoms with van der Waals surface area (Å²) < 4.78 is 9.88. The van der Waals surface area contributed by atoms with Crippen molar-refractivity contribution in [3.05, 3.63) is 77.1 Å². The molecular formula is C19H15N3O6S. The van der Waals surface area contributed by atoms with Gasteiger partial charge in [-0.15, -0.1) is 11.3 Å². The molecule has 9 nitrogen and oxygen atoms in total. The molecule has 10 heteroatoms. The minimum absolute atomic E-state index is 0.136. The maximum Gasteiger partial charge on any atom is 0.348 e. The van der Waals surface area contributed by atoms with Crippen LogP contribution in [0.4, 0.5) is 5.00 Å². The van der Waals surface area contributed by atoms with E-state index in [1.807, 2.05) is 0 Å². The molecule has 0 aliphatic rings. The molecule has 0 spiro atoms. The number of furan rings is 1. The first-order valence-electron chi connectivity index (χ1n) is 8.29. The molecule has 2 heterocycles. The van der Waals surface area contributed by atoms with Crippen molar-refractivity contribution in [1.82, 2.24) is 10.9 Å². The summed E-state index contributed by atoms with van der Waals surface area (Å²) in [5, 5.41) is 3.00. The average molecular weight is 413 g/mol. The van der Waals surface area contributed by atoms with E-state index in [-0.39, 0.29) is 10.6 Å². The van der Waals surface area contributed by atoms with E-state index in [9.17, 15) is 19.2 Å². The number of thiophene rings is 1. The van der Waals surface area contributed by atoms with E-state index in [1.165, 1.54) is 24.5 Å². The minimum Gasteiger partial charge on any atom is -0.459 e. The summed E-state index contributed by atoms with van der Waals surface area (Å²) in [5.74, 6) is -2.26. The number of nitrogens with one attached hydrogen (secondary N) is 3. The Morgan fingerprint density at radius 2 is 1.69 bits per heavy atom. The van der Waals surface area contributed by atoms with Gasteiger partial charge in [0.05, 0.1) is 11.3 Å². The van der Waals surface area contributed by atoms with Gasteiger partial charge in [0.25, 0.3) is 17.7 Å². The van der Waals surface area contributed by atoms with Crippen LogP contribution < -0.4 is 16.2 Å². The molecule has 29 heavy (non-hydrogen) atoms. The molecule has 0 aliphatic carbocycles. The van der Waals surface area contributed by atoms with Crippen LogP contribution >= 0.6 is 11.3 Å². The Morgan fingerprint density at radius 1 is 0.897 bits per heavy atom. The van der Waals surface area contributed by atoms with Crippen molar-refractivity contribution in [1.29, 1.82) is 0 Å². The predicted octanol–water partition coefficient (Wildman–Crippen LogP) is 2.21. The van der Waals surface area contributed by atoms with Crippen molar-refractivity contribution >= 4 is 40.0 Å². The number of carbonyl (C=O) groups is 4. The van der Waals surface area contributed by atoms with Gasteiger partial charge >= 0.3 is 5.97 Å². The molecule has 0 unspecified atom stereocenters. The molecule has 0 saturated carbocycles. The Bertz CT molecular complexity index is 1010. The van der Waals surface area contributed by atoms with Crippen LogP contribution in [-0.2, 0) is 9.53 Å². The number of benzene rings is 1. The second-order valence-electron chi connectivity index (χ2n) is 5.54. The Morgan fingerprint density at radius 3 is 2.41 bits per heavy atom. The highest BCUT2D eigenvalue weighted by molar-refractivity contribution is 7.18. The van der Waals surface area contributed by atoms with Crippen molar-refractivity contribution in [2.75, 3.05) is 11.9 Å². The monoisotopic (exact) mass is 413 g/mol. The lowest BCUT2D eigenvalue weighted by molar-refractivity contribution is -0.125. The normalized spacial score (nSPS) is 10.1. The van der Waals surface area contributed by atoms with Crippen LogP contribution in [0.1, 0.15) is 30.6 Å². The number of carbonyl (C=O) groups excluding carboxylic acids is 4. The van der Waals surface area contributed by atoms with Crippen LogP contribution in [0.15, 0.2) is 65.3 Å². The molecule has 3 amide bonds. The lowest BCUT2D eigenvalue weighted by Crippen LogP contribution is -2.43. The highest BCUT2D eigenvalue weighted by atomic mass is 32.1. The average Bonchev–Trinajstić information content (AvgIpc) is 3.43. The molecule has 0 bridgehead atoms. The third kappa shape index (κ3) is 5.53. The molecule has 1 aromatic carbocycles. The van der Waals surface area contributed by atoms with Gasteiger partial charge < -0.3 is 14.5 Å². The summed E-state index contributed by atoms with van der Waals surface area (Å²) in [6.45, 7) is -0.583. The predicted molar refractivity (Wildman–Crippen MR) is 103 cm³/mol. The van der Waals surface area contributed by atoms with Crippen molar-refractivity contribution in [3.8, 4) is 0 Å². The number of hydrogen-bond donors (Lipinski definition) is 3. The van der Waals surface area contributed by atoms with E-state index < -0.39 is 30.3 Å². The fourth-order valence-electron chi connectivity index (χ4n) is 2.12. The fraction of sp³-hybridized carbons (Fsp3) is 0.0526. The van der Waals surface area contributed by atoms with E-state index in [0.29, 0.717) is 10.6 Å². The summed E-state index contributed by atoms with van der Waals surface area (Å²) in [7, 11) is 0. The van der Waals surface area contributed by atoms with E-state index >= 15 is 0 Å². The highest BCUT2D eigenvalue weighted by Gasteiger charge is 2.16. The third-order valence-electron chi connectivity index (χ3n) is 3.47. The van der Waals surface area contributed by atoms with Crippen LogP contribution in [-0.4, -0.2) is 30.3 Å². The SMILES string of the molecule is O=C(COC(=O)c1ccc(NC(=O)c2ccco2)s1)NNC(=O)c1ccccc1. The molecule has 148 valence electrons. The zero-order valence-electron chi connectivity index (χ0n) is 14.8. The number of hydrazine groups is 1. The van der Waals surface area contributed by atoms with E-state index in [0.717, 1.165) is 11.3 Å². The maximum absolute atomic E-state index is 12.0. The van der Waals surface area contributed by atoms with Gasteiger partial charge in [-0.1, -0.05) is 18.2 Å². The van der Waals surface area contributed by atoms with Crippen LogP contribution in [0.5, 0.6) is 0 Å². The molecule has 0 radical (unpaired) electrons. The van der Waals surface area contributed by atoms with Crippen LogP contribution in [0.3, 0.4) is 0 Å². The first-order valence-corrected chi connectivity index (χ1v) is 9.10. The van der Waals surface area contributed by atoms with Gasteiger partial charge in [-0.25, -0.2) is 4.79 Å². The summed E-state index contributed by atoms with van der Waals surface area (Å²) in [5.41, 5.74) is 4.74. The topological polar surface area (TPSA) is 127 Å². The van der Waals surface area contributed by atoms with Crippen molar-refractivity contribution < 1.29 is 28.3 Å². The number of amides is 3. The Balaban J connectivity index is 1.43. The zero-order chi connectivity index (χ0) is 20.6. The zero-order valence-corrected chi connectivity index (χ0v) is 15.7. The Hall–Kier alpha value is -3.92. The lowest BCUT2D eigenvalue weighted by atomic mass is 10.2. The number of anilines is 1. The maximum atomic E-state index is 12.0. The number of hydrogen-bond acceptors (Lipinski definition) is 7. The second-order valence-corrected chi connectivity index (χ2v) is 6.62. The summed E-state index contributed by atoms with van der Waals surface area (Å²) in [4.78, 5) is 47.7. The number of ether oxygens (including phenoxy) is 1. The van der Waals surface area contributed by atoms with Gasteiger partial charge in [-0.05, 0) is 36.4 Å². The molecule has 3 aromatic rings. The van der Waals surface area contributed by atoms with Crippen LogP contribution in [0.25, 0.3) is 0 Å². The second kappa shape index (κ2) is 9.33. The molecule has 3 rings (SSSR count). The molecular weight excluding hydrogens is 398 g/mol. The molecule has 0 saturated heterocycles. The fourth-order valence-corrected chi connectivity index (χ4v) is 2.92. The minimum atomic E-state index is -0.738. The van der Waals surface area contributed by atoms with Gasteiger partial charge in [0.1, 0.15) is 4.88 Å². The molecule has 2 aromatic heterocycles.